The largest absolute Gasteiger partial charge is 0.469 e. The van der Waals surface area contributed by atoms with Crippen LogP contribution in [0.1, 0.15) is 6.42 Å². The molecule has 1 saturated heterocycles. The highest BCUT2D eigenvalue weighted by molar-refractivity contribution is 7.46. The van der Waals surface area contributed by atoms with Crippen LogP contribution in [0.4, 0.5) is 4.79 Å². The number of hydroxylamine groups is 2. The van der Waals surface area contributed by atoms with Gasteiger partial charge in [-0.25, -0.2) is 9.36 Å². The lowest BCUT2D eigenvalue weighted by Gasteiger charge is -2.13. The van der Waals surface area contributed by atoms with E-state index >= 15 is 0 Å². The summed E-state index contributed by atoms with van der Waals surface area (Å²) in [4.78, 5) is 38.3. The number of carbonyl (C=O) groups excluding carboxylic acids is 2. The van der Waals surface area contributed by atoms with Crippen LogP contribution in [-0.4, -0.2) is 44.6 Å². The minimum atomic E-state index is -4.59. The van der Waals surface area contributed by atoms with Crippen LogP contribution in [0.25, 0.3) is 0 Å². The minimum absolute atomic E-state index is 0.158. The molecule has 0 aliphatic carbocycles. The van der Waals surface area contributed by atoms with E-state index in [-0.39, 0.29) is 11.5 Å². The van der Waals surface area contributed by atoms with Crippen molar-refractivity contribution >= 4 is 19.8 Å². The third-order valence-electron chi connectivity index (χ3n) is 1.69. The van der Waals surface area contributed by atoms with Gasteiger partial charge in [0.1, 0.15) is 6.04 Å². The van der Waals surface area contributed by atoms with Crippen molar-refractivity contribution in [3.63, 3.8) is 0 Å². The average Bonchev–Trinajstić information content (AvgIpc) is 2.29. The van der Waals surface area contributed by atoms with Gasteiger partial charge in [0.25, 0.3) is 5.91 Å². The maximum absolute atomic E-state index is 11.0. The SMILES string of the molecule is O=C1NC(=O)N(O)C1CCOP(=O)(O)O. The molecule has 4 N–H and O–H groups in total. The maximum atomic E-state index is 11.0. The van der Waals surface area contributed by atoms with Crippen molar-refractivity contribution in [3.8, 4) is 0 Å². The Morgan fingerprint density at radius 1 is 1.47 bits per heavy atom. The van der Waals surface area contributed by atoms with E-state index < -0.39 is 32.4 Å². The number of nitrogens with one attached hydrogen (secondary N) is 1. The van der Waals surface area contributed by atoms with E-state index in [1.807, 2.05) is 5.32 Å². The molecule has 0 bridgehead atoms. The predicted molar refractivity (Wildman–Crippen MR) is 43.6 cm³/mol. The molecule has 1 aliphatic rings. The quantitative estimate of drug-likeness (QED) is 0.275. The van der Waals surface area contributed by atoms with Crippen LogP contribution in [-0.2, 0) is 13.9 Å². The summed E-state index contributed by atoms with van der Waals surface area (Å²) in [7, 11) is -4.59. The molecule has 1 atom stereocenters. The van der Waals surface area contributed by atoms with Crippen molar-refractivity contribution in [2.45, 2.75) is 12.5 Å². The molecular formula is C5H9N2O7P. The lowest BCUT2D eigenvalue weighted by atomic mass is 10.2. The van der Waals surface area contributed by atoms with Crippen LogP contribution in [0.2, 0.25) is 0 Å². The second-order valence-electron chi connectivity index (χ2n) is 2.77. The van der Waals surface area contributed by atoms with E-state index in [2.05, 4.69) is 4.52 Å². The van der Waals surface area contributed by atoms with E-state index in [9.17, 15) is 14.2 Å². The molecule has 1 unspecified atom stereocenters. The van der Waals surface area contributed by atoms with Crippen LogP contribution in [0, 0.1) is 0 Å². The molecule has 0 saturated carbocycles. The van der Waals surface area contributed by atoms with Crippen molar-refractivity contribution in [3.05, 3.63) is 0 Å². The van der Waals surface area contributed by atoms with Crippen molar-refractivity contribution < 1.29 is 33.7 Å². The molecule has 1 heterocycles. The number of phosphoric acid groups is 1. The second-order valence-corrected chi connectivity index (χ2v) is 4.01. The fraction of sp³-hybridized carbons (Fsp3) is 0.600. The monoisotopic (exact) mass is 240 g/mol. The normalized spacial score (nSPS) is 22.1. The van der Waals surface area contributed by atoms with Crippen molar-refractivity contribution in [2.75, 3.05) is 6.61 Å². The Hall–Kier alpha value is -0.990. The molecule has 0 aromatic carbocycles. The van der Waals surface area contributed by atoms with Gasteiger partial charge in [-0.05, 0) is 0 Å². The number of phosphoric ester groups is 1. The molecule has 0 aromatic heterocycles. The van der Waals surface area contributed by atoms with Crippen molar-refractivity contribution in [2.24, 2.45) is 0 Å². The number of carbonyl (C=O) groups is 2. The first-order valence-corrected chi connectivity index (χ1v) is 5.37. The molecule has 15 heavy (non-hydrogen) atoms. The van der Waals surface area contributed by atoms with Gasteiger partial charge < -0.3 is 9.79 Å². The fourth-order valence-corrected chi connectivity index (χ4v) is 1.38. The van der Waals surface area contributed by atoms with Gasteiger partial charge in [-0.3, -0.25) is 19.8 Å². The summed E-state index contributed by atoms with van der Waals surface area (Å²) >= 11 is 0. The summed E-state index contributed by atoms with van der Waals surface area (Å²) in [6.07, 6.45) is -0.209. The van der Waals surface area contributed by atoms with Crippen LogP contribution in [0.5, 0.6) is 0 Å². The molecule has 1 rings (SSSR count). The Morgan fingerprint density at radius 3 is 2.47 bits per heavy atom. The van der Waals surface area contributed by atoms with Gasteiger partial charge in [0.15, 0.2) is 0 Å². The van der Waals surface area contributed by atoms with Gasteiger partial charge in [0.2, 0.25) is 0 Å². The molecule has 0 radical (unpaired) electrons. The van der Waals surface area contributed by atoms with E-state index in [1.54, 1.807) is 0 Å². The molecular weight excluding hydrogens is 231 g/mol. The zero-order valence-corrected chi connectivity index (χ0v) is 8.26. The summed E-state index contributed by atoms with van der Waals surface area (Å²) in [6.45, 7) is -0.452. The van der Waals surface area contributed by atoms with Gasteiger partial charge in [-0.2, -0.15) is 5.06 Å². The Labute approximate surface area is 83.8 Å². The lowest BCUT2D eigenvalue weighted by molar-refractivity contribution is -0.130. The van der Waals surface area contributed by atoms with Gasteiger partial charge in [-0.15, -0.1) is 0 Å². The number of nitrogens with zero attached hydrogens (tertiary/aromatic N) is 1. The van der Waals surface area contributed by atoms with Crippen LogP contribution in [0.3, 0.4) is 0 Å². The third kappa shape index (κ3) is 3.26. The highest BCUT2D eigenvalue weighted by atomic mass is 31.2. The molecule has 0 aromatic rings. The zero-order chi connectivity index (χ0) is 11.6. The fourth-order valence-electron chi connectivity index (χ4n) is 1.04. The number of hydrogen-bond donors (Lipinski definition) is 4. The van der Waals surface area contributed by atoms with E-state index in [0.29, 0.717) is 0 Å². The van der Waals surface area contributed by atoms with Crippen molar-refractivity contribution in [1.82, 2.24) is 10.4 Å². The molecule has 86 valence electrons. The Morgan fingerprint density at radius 2 is 2.07 bits per heavy atom. The van der Waals surface area contributed by atoms with Crippen molar-refractivity contribution in [1.29, 1.82) is 0 Å². The van der Waals surface area contributed by atoms with Crippen LogP contribution < -0.4 is 5.32 Å². The number of hydrogen-bond acceptors (Lipinski definition) is 5. The highest BCUT2D eigenvalue weighted by Crippen LogP contribution is 2.35. The van der Waals surface area contributed by atoms with E-state index in [4.69, 9.17) is 15.0 Å². The summed E-state index contributed by atoms with van der Waals surface area (Å²) < 4.78 is 14.3. The van der Waals surface area contributed by atoms with Crippen LogP contribution >= 0.6 is 7.82 Å². The zero-order valence-electron chi connectivity index (χ0n) is 7.36. The Balaban J connectivity index is 2.42. The average molecular weight is 240 g/mol. The first-order chi connectivity index (χ1) is 6.81. The predicted octanol–water partition coefficient (Wildman–Crippen LogP) is -1.20. The number of amides is 3. The summed E-state index contributed by atoms with van der Waals surface area (Å²) in [6, 6.07) is -2.15. The molecule has 0 spiro atoms. The molecule has 1 aliphatic heterocycles. The Bertz CT molecular complexity index is 325. The second kappa shape index (κ2) is 4.25. The van der Waals surface area contributed by atoms with Gasteiger partial charge in [0.05, 0.1) is 6.61 Å². The van der Waals surface area contributed by atoms with Gasteiger partial charge in [-0.1, -0.05) is 0 Å². The number of imide groups is 1. The standard InChI is InChI=1S/C5H9N2O7P/c8-4-3(7(10)5(9)6-4)1-2-14-15(11,12)13/h3,10H,1-2H2,(H,6,8,9)(H2,11,12,13). The molecule has 9 nitrogen and oxygen atoms in total. The molecule has 3 amide bonds. The van der Waals surface area contributed by atoms with Crippen LogP contribution in [0.15, 0.2) is 0 Å². The van der Waals surface area contributed by atoms with Gasteiger partial charge in [0, 0.05) is 6.42 Å². The third-order valence-corrected chi connectivity index (χ3v) is 2.21. The smallest absolute Gasteiger partial charge is 0.303 e. The maximum Gasteiger partial charge on any atom is 0.469 e. The molecule has 10 heteroatoms. The number of urea groups is 1. The van der Waals surface area contributed by atoms with Gasteiger partial charge >= 0.3 is 13.9 Å². The topological polar surface area (TPSA) is 136 Å². The lowest BCUT2D eigenvalue weighted by Crippen LogP contribution is -2.32. The number of rotatable bonds is 4. The molecule has 1 fully saturated rings. The van der Waals surface area contributed by atoms with E-state index in [1.165, 1.54) is 0 Å². The first-order valence-electron chi connectivity index (χ1n) is 3.84. The first kappa shape index (κ1) is 12.1. The summed E-state index contributed by atoms with van der Waals surface area (Å²) in [5.41, 5.74) is 0. The van der Waals surface area contributed by atoms with E-state index in [0.717, 1.165) is 0 Å². The summed E-state index contributed by atoms with van der Waals surface area (Å²) in [5, 5.41) is 11.0. The summed E-state index contributed by atoms with van der Waals surface area (Å²) in [5.74, 6) is -0.739. The minimum Gasteiger partial charge on any atom is -0.303 e. The highest BCUT2D eigenvalue weighted by Gasteiger charge is 2.37. The Kier molecular flexibility index (Phi) is 3.42.